The lowest BCUT2D eigenvalue weighted by molar-refractivity contribution is 0.0771. The van der Waals surface area contributed by atoms with Crippen molar-refractivity contribution in [3.05, 3.63) is 0 Å². The minimum Gasteiger partial charge on any atom is -0.324 e. The van der Waals surface area contributed by atoms with Crippen molar-refractivity contribution in [2.75, 3.05) is 26.2 Å². The number of carbonyl (C=O) groups is 2. The van der Waals surface area contributed by atoms with Crippen LogP contribution < -0.4 is 5.73 Å². The minimum absolute atomic E-state index is 0.0587. The van der Waals surface area contributed by atoms with Gasteiger partial charge < -0.3 is 15.5 Å². The SMILES string of the molecule is NC1(CCCC2CCCCC2)CCCCCN1C(=O)N(CCCC1CCCCCC1)C(=O)N1CCCCCC1. The predicted molar refractivity (Wildman–Crippen MR) is 160 cm³/mol. The van der Waals surface area contributed by atoms with E-state index >= 15 is 0 Å². The molecule has 4 amide bonds. The van der Waals surface area contributed by atoms with Gasteiger partial charge in [0.05, 0.1) is 5.66 Å². The molecule has 2 aliphatic heterocycles. The first-order valence-electron chi connectivity index (χ1n) is 17.2. The predicted octanol–water partition coefficient (Wildman–Crippen LogP) is 8.44. The third-order valence-corrected chi connectivity index (χ3v) is 10.5. The summed E-state index contributed by atoms with van der Waals surface area (Å²) in [4.78, 5) is 33.9. The van der Waals surface area contributed by atoms with Crippen LogP contribution in [0.3, 0.4) is 0 Å². The standard InChI is InChI=1S/C33H60N4O2/c34-33(24-15-21-29-19-9-5-10-20-29)23-11-6-14-28-37(33)32(39)36(31(38)35-25-12-3-4-13-26-35)27-16-22-30-17-7-1-2-8-18-30/h29-30H,1-28,34H2. The Morgan fingerprint density at radius 2 is 1.15 bits per heavy atom. The molecule has 1 atom stereocenters. The number of likely N-dealkylation sites (tertiary alicyclic amines) is 2. The third-order valence-electron chi connectivity index (χ3n) is 10.5. The number of rotatable bonds is 8. The highest BCUT2D eigenvalue weighted by Crippen LogP contribution is 2.33. The molecule has 0 spiro atoms. The molecule has 0 radical (unpaired) electrons. The van der Waals surface area contributed by atoms with Crippen LogP contribution in [0.4, 0.5) is 9.59 Å². The fourth-order valence-electron chi connectivity index (χ4n) is 8.00. The zero-order valence-corrected chi connectivity index (χ0v) is 25.2. The van der Waals surface area contributed by atoms with Gasteiger partial charge in [-0.25, -0.2) is 14.5 Å². The van der Waals surface area contributed by atoms with Crippen LogP contribution in [-0.2, 0) is 0 Å². The highest BCUT2D eigenvalue weighted by atomic mass is 16.2. The van der Waals surface area contributed by atoms with Crippen LogP contribution in [-0.4, -0.2) is 58.6 Å². The lowest BCUT2D eigenvalue weighted by Crippen LogP contribution is -2.63. The van der Waals surface area contributed by atoms with E-state index in [1.54, 1.807) is 4.90 Å². The average Bonchev–Trinajstić information content (AvgIpc) is 3.45. The Morgan fingerprint density at radius 3 is 1.79 bits per heavy atom. The molecule has 2 saturated heterocycles. The largest absolute Gasteiger partial charge is 0.329 e. The molecule has 39 heavy (non-hydrogen) atoms. The van der Waals surface area contributed by atoms with Gasteiger partial charge in [-0.15, -0.1) is 0 Å². The van der Waals surface area contributed by atoms with Crippen LogP contribution in [0.25, 0.3) is 0 Å². The van der Waals surface area contributed by atoms with E-state index in [1.807, 2.05) is 9.80 Å². The Kier molecular flexibility index (Phi) is 12.7. The molecule has 2 saturated carbocycles. The van der Waals surface area contributed by atoms with Crippen LogP contribution in [0.1, 0.15) is 154 Å². The fraction of sp³-hybridized carbons (Fsp3) is 0.939. The first kappa shape index (κ1) is 30.7. The van der Waals surface area contributed by atoms with Crippen molar-refractivity contribution in [3.63, 3.8) is 0 Å². The van der Waals surface area contributed by atoms with Crippen molar-refractivity contribution < 1.29 is 9.59 Å². The van der Waals surface area contributed by atoms with Gasteiger partial charge in [-0.2, -0.15) is 0 Å². The van der Waals surface area contributed by atoms with Crippen LogP contribution in [0.2, 0.25) is 0 Å². The number of nitrogens with two attached hydrogens (primary N) is 1. The van der Waals surface area contributed by atoms with Gasteiger partial charge >= 0.3 is 12.1 Å². The summed E-state index contributed by atoms with van der Waals surface area (Å²) >= 11 is 0. The van der Waals surface area contributed by atoms with Crippen molar-refractivity contribution >= 4 is 12.1 Å². The number of hydrogen-bond donors (Lipinski definition) is 1. The number of carbonyl (C=O) groups excluding carboxylic acids is 2. The molecule has 4 rings (SSSR count). The molecule has 0 aromatic rings. The fourth-order valence-corrected chi connectivity index (χ4v) is 8.00. The molecule has 2 aliphatic carbocycles. The van der Waals surface area contributed by atoms with Gasteiger partial charge in [0.1, 0.15) is 0 Å². The molecular formula is C33H60N4O2. The Balaban J connectivity index is 1.44. The van der Waals surface area contributed by atoms with Crippen molar-refractivity contribution in [2.45, 2.75) is 160 Å². The molecule has 6 heteroatoms. The topological polar surface area (TPSA) is 69.9 Å². The summed E-state index contributed by atoms with van der Waals surface area (Å²) in [6, 6.07) is -0.163. The van der Waals surface area contributed by atoms with Crippen molar-refractivity contribution in [1.82, 2.24) is 14.7 Å². The lowest BCUT2D eigenvalue weighted by Gasteiger charge is -2.43. The second kappa shape index (κ2) is 16.2. The Morgan fingerprint density at radius 1 is 0.641 bits per heavy atom. The summed E-state index contributed by atoms with van der Waals surface area (Å²) in [5, 5.41) is 0. The highest BCUT2D eigenvalue weighted by Gasteiger charge is 2.41. The molecular weight excluding hydrogens is 484 g/mol. The summed E-state index contributed by atoms with van der Waals surface area (Å²) in [7, 11) is 0. The second-order valence-corrected chi connectivity index (χ2v) is 13.6. The molecule has 6 nitrogen and oxygen atoms in total. The summed E-state index contributed by atoms with van der Waals surface area (Å²) in [6.45, 7) is 2.78. The van der Waals surface area contributed by atoms with E-state index in [0.717, 1.165) is 89.1 Å². The maximum Gasteiger partial charge on any atom is 0.329 e. The van der Waals surface area contributed by atoms with E-state index in [0.29, 0.717) is 13.1 Å². The number of nitrogens with zero attached hydrogens (tertiary/aromatic N) is 3. The molecule has 224 valence electrons. The number of hydrogen-bond acceptors (Lipinski definition) is 3. The monoisotopic (exact) mass is 544 g/mol. The lowest BCUT2D eigenvalue weighted by atomic mass is 9.84. The van der Waals surface area contributed by atoms with Gasteiger partial charge in [0.2, 0.25) is 0 Å². The smallest absolute Gasteiger partial charge is 0.324 e. The van der Waals surface area contributed by atoms with Crippen molar-refractivity contribution in [3.8, 4) is 0 Å². The molecule has 0 aromatic heterocycles. The van der Waals surface area contributed by atoms with Gasteiger partial charge in [0.25, 0.3) is 0 Å². The van der Waals surface area contributed by atoms with E-state index in [4.69, 9.17) is 5.73 Å². The van der Waals surface area contributed by atoms with Gasteiger partial charge in [-0.1, -0.05) is 96.3 Å². The van der Waals surface area contributed by atoms with Gasteiger partial charge in [-0.05, 0) is 69.6 Å². The highest BCUT2D eigenvalue weighted by molar-refractivity contribution is 5.94. The normalized spacial score (nSPS) is 26.5. The summed E-state index contributed by atoms with van der Waals surface area (Å²) < 4.78 is 0. The maximum atomic E-state index is 14.4. The Bertz CT molecular complexity index is 723. The van der Waals surface area contributed by atoms with E-state index in [1.165, 1.54) is 89.9 Å². The number of amides is 4. The summed E-state index contributed by atoms with van der Waals surface area (Å²) in [5.74, 6) is 1.59. The van der Waals surface area contributed by atoms with Crippen LogP contribution >= 0.6 is 0 Å². The van der Waals surface area contributed by atoms with Gasteiger partial charge in [0, 0.05) is 26.2 Å². The molecule has 4 aliphatic rings. The second-order valence-electron chi connectivity index (χ2n) is 13.6. The van der Waals surface area contributed by atoms with E-state index in [9.17, 15) is 9.59 Å². The molecule has 4 fully saturated rings. The van der Waals surface area contributed by atoms with E-state index in [2.05, 4.69) is 0 Å². The van der Waals surface area contributed by atoms with Gasteiger partial charge in [0.15, 0.2) is 0 Å². The number of urea groups is 2. The zero-order valence-electron chi connectivity index (χ0n) is 25.2. The Labute approximate surface area is 239 Å². The molecule has 2 N–H and O–H groups in total. The van der Waals surface area contributed by atoms with E-state index < -0.39 is 5.66 Å². The Hall–Kier alpha value is -1.30. The first-order chi connectivity index (χ1) is 19.1. The molecule has 2 heterocycles. The summed E-state index contributed by atoms with van der Waals surface area (Å²) in [5.41, 5.74) is 6.55. The molecule has 0 aromatic carbocycles. The minimum atomic E-state index is -0.624. The number of imide groups is 1. The molecule has 1 unspecified atom stereocenters. The third kappa shape index (κ3) is 9.36. The summed E-state index contributed by atoms with van der Waals surface area (Å²) in [6.07, 6.45) is 28.6. The van der Waals surface area contributed by atoms with Crippen LogP contribution in [0, 0.1) is 11.8 Å². The van der Waals surface area contributed by atoms with Gasteiger partial charge in [-0.3, -0.25) is 0 Å². The van der Waals surface area contributed by atoms with E-state index in [-0.39, 0.29) is 12.1 Å². The quantitative estimate of drug-likeness (QED) is 0.312. The average molecular weight is 545 g/mol. The van der Waals surface area contributed by atoms with Crippen molar-refractivity contribution in [2.24, 2.45) is 17.6 Å². The van der Waals surface area contributed by atoms with Crippen molar-refractivity contribution in [1.29, 1.82) is 0 Å². The van der Waals surface area contributed by atoms with Crippen LogP contribution in [0.5, 0.6) is 0 Å². The maximum absolute atomic E-state index is 14.4. The zero-order chi connectivity index (χ0) is 27.3. The molecule has 0 bridgehead atoms. The van der Waals surface area contributed by atoms with Crippen LogP contribution in [0.15, 0.2) is 0 Å². The first-order valence-corrected chi connectivity index (χ1v) is 17.2.